The van der Waals surface area contributed by atoms with Gasteiger partial charge >= 0.3 is 0 Å². The molecular formula is C14H14BrNO4S. The van der Waals surface area contributed by atoms with E-state index in [0.29, 0.717) is 22.1 Å². The van der Waals surface area contributed by atoms with E-state index in [1.165, 1.54) is 18.4 Å². The van der Waals surface area contributed by atoms with Gasteiger partial charge < -0.3 is 19.9 Å². The fraction of sp³-hybridized carbons (Fsp3) is 0.214. The molecule has 1 aromatic heterocycles. The number of rotatable bonds is 6. The quantitative estimate of drug-likeness (QED) is 0.818. The Morgan fingerprint density at radius 2 is 2.14 bits per heavy atom. The number of carbonyl (C=O) groups is 1. The first-order valence-corrected chi connectivity index (χ1v) is 7.73. The van der Waals surface area contributed by atoms with Crippen LogP contribution in [0.4, 0.5) is 5.69 Å². The molecule has 0 aliphatic rings. The maximum atomic E-state index is 12.1. The molecule has 0 aliphatic carbocycles. The fourth-order valence-corrected chi connectivity index (χ4v) is 2.93. The summed E-state index contributed by atoms with van der Waals surface area (Å²) in [5.74, 6) is 0.820. The molecule has 2 N–H and O–H groups in total. The summed E-state index contributed by atoms with van der Waals surface area (Å²) in [5, 5.41) is 11.6. The molecule has 2 aromatic rings. The van der Waals surface area contributed by atoms with Gasteiger partial charge in [0.25, 0.3) is 5.91 Å². The van der Waals surface area contributed by atoms with Crippen LogP contribution in [0.25, 0.3) is 0 Å². The number of thiophene rings is 1. The molecule has 0 radical (unpaired) electrons. The first kappa shape index (κ1) is 15.8. The Morgan fingerprint density at radius 1 is 1.33 bits per heavy atom. The zero-order chi connectivity index (χ0) is 15.2. The van der Waals surface area contributed by atoms with E-state index in [0.717, 1.165) is 3.79 Å². The van der Waals surface area contributed by atoms with Gasteiger partial charge in [0.1, 0.15) is 6.61 Å². The SMILES string of the molecule is COc1ccc(NC(=O)c2ccc(Br)s2)cc1OCCO. The lowest BCUT2D eigenvalue weighted by Crippen LogP contribution is -2.10. The van der Waals surface area contributed by atoms with Gasteiger partial charge in [-0.3, -0.25) is 4.79 Å². The van der Waals surface area contributed by atoms with E-state index in [4.69, 9.17) is 14.6 Å². The smallest absolute Gasteiger partial charge is 0.265 e. The van der Waals surface area contributed by atoms with Gasteiger partial charge in [-0.15, -0.1) is 11.3 Å². The van der Waals surface area contributed by atoms with Gasteiger partial charge in [-0.2, -0.15) is 0 Å². The highest BCUT2D eigenvalue weighted by Gasteiger charge is 2.11. The second-order valence-corrected chi connectivity index (χ2v) is 6.46. The maximum absolute atomic E-state index is 12.1. The molecule has 2 rings (SSSR count). The van der Waals surface area contributed by atoms with Crippen LogP contribution in [-0.2, 0) is 0 Å². The zero-order valence-electron chi connectivity index (χ0n) is 11.3. The van der Waals surface area contributed by atoms with E-state index >= 15 is 0 Å². The summed E-state index contributed by atoms with van der Waals surface area (Å²) in [6, 6.07) is 8.66. The number of ether oxygens (including phenoxy) is 2. The number of methoxy groups -OCH3 is 1. The van der Waals surface area contributed by atoms with Gasteiger partial charge in [0.05, 0.1) is 22.4 Å². The number of anilines is 1. The average molecular weight is 372 g/mol. The van der Waals surface area contributed by atoms with E-state index in [-0.39, 0.29) is 19.1 Å². The number of carbonyl (C=O) groups excluding carboxylic acids is 1. The van der Waals surface area contributed by atoms with E-state index in [1.807, 2.05) is 6.07 Å². The standard InChI is InChI=1S/C14H14BrNO4S/c1-19-10-3-2-9(8-11(10)20-7-6-17)16-14(18)12-4-5-13(15)21-12/h2-5,8,17H,6-7H2,1H3,(H,16,18). The van der Waals surface area contributed by atoms with Crippen molar-refractivity contribution in [1.29, 1.82) is 0 Å². The Morgan fingerprint density at radius 3 is 2.76 bits per heavy atom. The highest BCUT2D eigenvalue weighted by molar-refractivity contribution is 9.11. The Balaban J connectivity index is 2.14. The van der Waals surface area contributed by atoms with Gasteiger partial charge in [0.15, 0.2) is 11.5 Å². The summed E-state index contributed by atoms with van der Waals surface area (Å²) in [6.07, 6.45) is 0. The largest absolute Gasteiger partial charge is 0.493 e. The number of benzene rings is 1. The van der Waals surface area contributed by atoms with E-state index in [2.05, 4.69) is 21.2 Å². The van der Waals surface area contributed by atoms with Gasteiger partial charge in [0.2, 0.25) is 0 Å². The molecule has 0 fully saturated rings. The third kappa shape index (κ3) is 4.20. The predicted octanol–water partition coefficient (Wildman–Crippen LogP) is 3.14. The van der Waals surface area contributed by atoms with Crippen molar-refractivity contribution >= 4 is 38.9 Å². The minimum Gasteiger partial charge on any atom is -0.493 e. The highest BCUT2D eigenvalue weighted by Crippen LogP contribution is 2.31. The molecule has 1 aromatic carbocycles. The summed E-state index contributed by atoms with van der Waals surface area (Å²) in [4.78, 5) is 12.7. The molecule has 21 heavy (non-hydrogen) atoms. The van der Waals surface area contributed by atoms with Crippen molar-refractivity contribution in [2.75, 3.05) is 25.6 Å². The molecule has 0 atom stereocenters. The molecule has 0 saturated heterocycles. The van der Waals surface area contributed by atoms with Crippen molar-refractivity contribution in [2.24, 2.45) is 0 Å². The van der Waals surface area contributed by atoms with Gasteiger partial charge in [-0.25, -0.2) is 0 Å². The van der Waals surface area contributed by atoms with Crippen molar-refractivity contribution < 1.29 is 19.4 Å². The van der Waals surface area contributed by atoms with Crippen LogP contribution in [0, 0.1) is 0 Å². The number of aliphatic hydroxyl groups excluding tert-OH is 1. The molecular weight excluding hydrogens is 358 g/mol. The number of amides is 1. The molecule has 7 heteroatoms. The second-order valence-electron chi connectivity index (χ2n) is 4.00. The topological polar surface area (TPSA) is 67.8 Å². The van der Waals surface area contributed by atoms with Crippen LogP contribution in [0.3, 0.4) is 0 Å². The number of halogens is 1. The molecule has 0 saturated carbocycles. The summed E-state index contributed by atoms with van der Waals surface area (Å²) in [5.41, 5.74) is 0.596. The Bertz CT molecular complexity index is 629. The lowest BCUT2D eigenvalue weighted by Gasteiger charge is -2.12. The van der Waals surface area contributed by atoms with Crippen LogP contribution in [-0.4, -0.2) is 31.3 Å². The molecule has 0 aliphatic heterocycles. The minimum absolute atomic E-state index is 0.0943. The van der Waals surface area contributed by atoms with E-state index in [9.17, 15) is 4.79 Å². The van der Waals surface area contributed by atoms with Crippen LogP contribution in [0.2, 0.25) is 0 Å². The number of nitrogens with one attached hydrogen (secondary N) is 1. The Kier molecular flexibility index (Phi) is 5.60. The zero-order valence-corrected chi connectivity index (χ0v) is 13.7. The van der Waals surface area contributed by atoms with Gasteiger partial charge in [0, 0.05) is 11.8 Å². The first-order valence-electron chi connectivity index (χ1n) is 6.12. The third-order valence-electron chi connectivity index (χ3n) is 2.57. The van der Waals surface area contributed by atoms with E-state index in [1.54, 1.807) is 24.3 Å². The first-order chi connectivity index (χ1) is 10.1. The van der Waals surface area contributed by atoms with Crippen LogP contribution in [0.1, 0.15) is 9.67 Å². The van der Waals surface area contributed by atoms with Crippen molar-refractivity contribution in [3.05, 3.63) is 39.0 Å². The lowest BCUT2D eigenvalue weighted by molar-refractivity contribution is 0.103. The van der Waals surface area contributed by atoms with Crippen LogP contribution in [0.15, 0.2) is 34.1 Å². The molecule has 5 nitrogen and oxygen atoms in total. The molecule has 1 heterocycles. The second kappa shape index (κ2) is 7.44. The predicted molar refractivity (Wildman–Crippen MR) is 85.5 cm³/mol. The average Bonchev–Trinajstić information content (AvgIpc) is 2.92. The van der Waals surface area contributed by atoms with Crippen LogP contribution >= 0.6 is 27.3 Å². The summed E-state index contributed by atoms with van der Waals surface area (Å²) >= 11 is 4.68. The monoisotopic (exact) mass is 371 g/mol. The van der Waals surface area contributed by atoms with Crippen molar-refractivity contribution in [3.63, 3.8) is 0 Å². The Hall–Kier alpha value is -1.57. The van der Waals surface area contributed by atoms with Crippen molar-refractivity contribution in [1.82, 2.24) is 0 Å². The lowest BCUT2D eigenvalue weighted by atomic mass is 10.2. The molecule has 112 valence electrons. The normalized spacial score (nSPS) is 10.2. The molecule has 0 unspecified atom stereocenters. The number of aliphatic hydroxyl groups is 1. The minimum atomic E-state index is -0.191. The highest BCUT2D eigenvalue weighted by atomic mass is 79.9. The Labute approximate surface area is 134 Å². The molecule has 0 bridgehead atoms. The van der Waals surface area contributed by atoms with E-state index < -0.39 is 0 Å². The van der Waals surface area contributed by atoms with Gasteiger partial charge in [-0.05, 0) is 40.2 Å². The molecule has 1 amide bonds. The maximum Gasteiger partial charge on any atom is 0.265 e. The van der Waals surface area contributed by atoms with Crippen LogP contribution in [0.5, 0.6) is 11.5 Å². The number of hydrogen-bond acceptors (Lipinski definition) is 5. The summed E-state index contributed by atoms with van der Waals surface area (Å²) in [7, 11) is 1.53. The van der Waals surface area contributed by atoms with Gasteiger partial charge in [-0.1, -0.05) is 0 Å². The van der Waals surface area contributed by atoms with Crippen LogP contribution < -0.4 is 14.8 Å². The summed E-state index contributed by atoms with van der Waals surface area (Å²) < 4.78 is 11.4. The third-order valence-corrected chi connectivity index (χ3v) is 4.19. The number of hydrogen-bond donors (Lipinski definition) is 2. The van der Waals surface area contributed by atoms with Crippen molar-refractivity contribution in [3.8, 4) is 11.5 Å². The summed E-state index contributed by atoms with van der Waals surface area (Å²) in [6.45, 7) is 0.0641. The fourth-order valence-electron chi connectivity index (χ4n) is 1.65. The molecule has 0 spiro atoms. The van der Waals surface area contributed by atoms with Crippen molar-refractivity contribution in [2.45, 2.75) is 0 Å².